The highest BCUT2D eigenvalue weighted by molar-refractivity contribution is 14.0. The number of aromatic nitrogens is 1. The van der Waals surface area contributed by atoms with Gasteiger partial charge in [-0.15, -0.1) is 24.0 Å². The lowest BCUT2D eigenvalue weighted by atomic mass is 10.2. The Kier molecular flexibility index (Phi) is 10.8. The Balaban J connectivity index is 0.00000338. The van der Waals surface area contributed by atoms with Gasteiger partial charge in [0.05, 0.1) is 18.8 Å². The standard InChI is InChI=1S/C18H31N5O2.HI/c1-5-24-9-8-20-18(19-4)22-11-16-6-7-17(21-10-16)23-12-14(2)25-15(3)13-23;/h6-7,10,14-15H,5,8-9,11-13H2,1-4H3,(H2,19,20,22);1H. The second-order valence-electron chi connectivity index (χ2n) is 6.24. The number of pyridine rings is 1. The summed E-state index contributed by atoms with van der Waals surface area (Å²) in [6.45, 7) is 10.8. The van der Waals surface area contributed by atoms with Crippen LogP contribution in [0.25, 0.3) is 0 Å². The minimum Gasteiger partial charge on any atom is -0.380 e. The van der Waals surface area contributed by atoms with Gasteiger partial charge in [-0.1, -0.05) is 6.07 Å². The van der Waals surface area contributed by atoms with Gasteiger partial charge in [0.15, 0.2) is 5.96 Å². The first-order valence-corrected chi connectivity index (χ1v) is 9.00. The van der Waals surface area contributed by atoms with Crippen LogP contribution in [0.15, 0.2) is 23.3 Å². The lowest BCUT2D eigenvalue weighted by Crippen LogP contribution is -2.45. The van der Waals surface area contributed by atoms with Crippen LogP contribution >= 0.6 is 24.0 Å². The van der Waals surface area contributed by atoms with Gasteiger partial charge in [-0.2, -0.15) is 0 Å². The van der Waals surface area contributed by atoms with Gasteiger partial charge in [-0.25, -0.2) is 4.98 Å². The zero-order valence-electron chi connectivity index (χ0n) is 16.2. The molecule has 0 bridgehead atoms. The van der Waals surface area contributed by atoms with Crippen LogP contribution in [0.4, 0.5) is 5.82 Å². The van der Waals surface area contributed by atoms with Crippen molar-refractivity contribution in [3.63, 3.8) is 0 Å². The Morgan fingerprint density at radius 2 is 2.04 bits per heavy atom. The van der Waals surface area contributed by atoms with Crippen LogP contribution in [-0.2, 0) is 16.0 Å². The number of aliphatic imine (C=N–C) groups is 1. The highest BCUT2D eigenvalue weighted by atomic mass is 127. The number of nitrogens with one attached hydrogen (secondary N) is 2. The van der Waals surface area contributed by atoms with E-state index in [1.54, 1.807) is 7.05 Å². The number of rotatable bonds is 7. The number of nitrogens with zero attached hydrogens (tertiary/aromatic N) is 3. The molecular formula is C18H32IN5O2. The fourth-order valence-electron chi connectivity index (χ4n) is 2.87. The average Bonchev–Trinajstić information content (AvgIpc) is 2.61. The summed E-state index contributed by atoms with van der Waals surface area (Å²) in [5, 5.41) is 6.50. The first-order valence-electron chi connectivity index (χ1n) is 9.00. The molecule has 2 N–H and O–H groups in total. The van der Waals surface area contributed by atoms with E-state index in [1.807, 2.05) is 13.1 Å². The predicted octanol–water partition coefficient (Wildman–Crippen LogP) is 2.01. The van der Waals surface area contributed by atoms with E-state index in [2.05, 4.69) is 51.5 Å². The van der Waals surface area contributed by atoms with Crippen molar-refractivity contribution in [2.75, 3.05) is 44.8 Å². The van der Waals surface area contributed by atoms with Gasteiger partial charge < -0.3 is 25.0 Å². The third-order valence-electron chi connectivity index (χ3n) is 3.98. The highest BCUT2D eigenvalue weighted by Gasteiger charge is 2.22. The Morgan fingerprint density at radius 1 is 1.31 bits per heavy atom. The van der Waals surface area contributed by atoms with Gasteiger partial charge >= 0.3 is 0 Å². The number of halogens is 1. The molecule has 1 aromatic rings. The number of hydrogen-bond acceptors (Lipinski definition) is 5. The number of morpholine rings is 1. The van der Waals surface area contributed by atoms with Crippen molar-refractivity contribution in [1.82, 2.24) is 15.6 Å². The number of ether oxygens (including phenoxy) is 2. The van der Waals surface area contributed by atoms with Crippen molar-refractivity contribution in [2.45, 2.75) is 39.5 Å². The lowest BCUT2D eigenvalue weighted by Gasteiger charge is -2.36. The van der Waals surface area contributed by atoms with Crippen LogP contribution in [0.1, 0.15) is 26.3 Å². The molecular weight excluding hydrogens is 445 g/mol. The second-order valence-corrected chi connectivity index (χ2v) is 6.24. The van der Waals surface area contributed by atoms with Gasteiger partial charge in [-0.05, 0) is 32.4 Å². The molecule has 0 amide bonds. The summed E-state index contributed by atoms with van der Waals surface area (Å²) in [4.78, 5) is 11.1. The van der Waals surface area contributed by atoms with Crippen molar-refractivity contribution < 1.29 is 9.47 Å². The maximum absolute atomic E-state index is 5.78. The van der Waals surface area contributed by atoms with Crippen LogP contribution in [-0.4, -0.2) is 63.0 Å². The van der Waals surface area contributed by atoms with Gasteiger partial charge in [0.2, 0.25) is 0 Å². The fourth-order valence-corrected chi connectivity index (χ4v) is 2.87. The molecule has 26 heavy (non-hydrogen) atoms. The predicted molar refractivity (Wildman–Crippen MR) is 117 cm³/mol. The molecule has 1 aliphatic rings. The molecule has 0 radical (unpaired) electrons. The fraction of sp³-hybridized carbons (Fsp3) is 0.667. The molecule has 2 unspecified atom stereocenters. The summed E-state index contributed by atoms with van der Waals surface area (Å²) < 4.78 is 11.1. The summed E-state index contributed by atoms with van der Waals surface area (Å²) in [5.74, 6) is 1.77. The molecule has 0 spiro atoms. The van der Waals surface area contributed by atoms with Crippen molar-refractivity contribution in [1.29, 1.82) is 0 Å². The molecule has 2 atom stereocenters. The quantitative estimate of drug-likeness (QED) is 0.271. The van der Waals surface area contributed by atoms with Gasteiger partial charge in [0, 0.05) is 46.0 Å². The largest absolute Gasteiger partial charge is 0.380 e. The normalized spacial score (nSPS) is 20.5. The molecule has 2 rings (SSSR count). The molecule has 1 aromatic heterocycles. The van der Waals surface area contributed by atoms with Gasteiger partial charge in [0.25, 0.3) is 0 Å². The van der Waals surface area contributed by atoms with Crippen molar-refractivity contribution in [3.05, 3.63) is 23.9 Å². The number of hydrogen-bond donors (Lipinski definition) is 2. The molecule has 8 heteroatoms. The Morgan fingerprint density at radius 3 is 2.62 bits per heavy atom. The molecule has 2 heterocycles. The Labute approximate surface area is 174 Å². The highest BCUT2D eigenvalue weighted by Crippen LogP contribution is 2.18. The van der Waals surface area contributed by atoms with Crippen molar-refractivity contribution >= 4 is 35.8 Å². The number of guanidine groups is 1. The molecule has 0 saturated carbocycles. The van der Waals surface area contributed by atoms with E-state index >= 15 is 0 Å². The van der Waals surface area contributed by atoms with Crippen LogP contribution < -0.4 is 15.5 Å². The van der Waals surface area contributed by atoms with E-state index in [-0.39, 0.29) is 36.2 Å². The topological polar surface area (TPSA) is 71.0 Å². The average molecular weight is 477 g/mol. The minimum absolute atomic E-state index is 0. The molecule has 7 nitrogen and oxygen atoms in total. The van der Waals surface area contributed by atoms with Gasteiger partial charge in [-0.3, -0.25) is 4.99 Å². The maximum Gasteiger partial charge on any atom is 0.191 e. The second kappa shape index (κ2) is 12.3. The minimum atomic E-state index is 0. The number of anilines is 1. The Bertz CT molecular complexity index is 531. The van der Waals surface area contributed by atoms with Crippen LogP contribution in [0.2, 0.25) is 0 Å². The summed E-state index contributed by atoms with van der Waals surface area (Å²) in [6.07, 6.45) is 2.39. The van der Waals surface area contributed by atoms with Crippen LogP contribution in [0, 0.1) is 0 Å². The van der Waals surface area contributed by atoms with E-state index in [9.17, 15) is 0 Å². The van der Waals surface area contributed by atoms with E-state index in [0.717, 1.165) is 43.6 Å². The summed E-state index contributed by atoms with van der Waals surface area (Å²) >= 11 is 0. The smallest absolute Gasteiger partial charge is 0.191 e. The Hall–Kier alpha value is -1.13. The first kappa shape index (κ1) is 22.9. The first-order chi connectivity index (χ1) is 12.1. The third-order valence-corrected chi connectivity index (χ3v) is 3.98. The zero-order valence-corrected chi connectivity index (χ0v) is 18.5. The van der Waals surface area contributed by atoms with Crippen molar-refractivity contribution in [3.8, 4) is 0 Å². The van der Waals surface area contributed by atoms with E-state index in [4.69, 9.17) is 9.47 Å². The van der Waals surface area contributed by atoms with Crippen molar-refractivity contribution in [2.24, 2.45) is 4.99 Å². The van der Waals surface area contributed by atoms with E-state index < -0.39 is 0 Å². The zero-order chi connectivity index (χ0) is 18.1. The van der Waals surface area contributed by atoms with E-state index in [0.29, 0.717) is 13.2 Å². The summed E-state index contributed by atoms with van der Waals surface area (Å²) in [7, 11) is 1.76. The van der Waals surface area contributed by atoms with Gasteiger partial charge in [0.1, 0.15) is 5.82 Å². The third kappa shape index (κ3) is 7.63. The van der Waals surface area contributed by atoms with Crippen LogP contribution in [0.5, 0.6) is 0 Å². The SMILES string of the molecule is CCOCCNC(=NC)NCc1ccc(N2CC(C)OC(C)C2)nc1.I. The summed E-state index contributed by atoms with van der Waals surface area (Å²) in [5.41, 5.74) is 1.12. The molecule has 1 fully saturated rings. The molecule has 0 aliphatic carbocycles. The summed E-state index contributed by atoms with van der Waals surface area (Å²) in [6, 6.07) is 4.18. The monoisotopic (exact) mass is 477 g/mol. The van der Waals surface area contributed by atoms with E-state index in [1.165, 1.54) is 0 Å². The molecule has 1 saturated heterocycles. The molecule has 0 aromatic carbocycles. The molecule has 148 valence electrons. The lowest BCUT2D eigenvalue weighted by molar-refractivity contribution is -0.00545. The molecule has 1 aliphatic heterocycles. The maximum atomic E-state index is 5.78. The van der Waals surface area contributed by atoms with Crippen LogP contribution in [0.3, 0.4) is 0 Å².